The number of hydrogen-bond donors (Lipinski definition) is 1. The highest BCUT2D eigenvalue weighted by atomic mass is 16.6. The lowest BCUT2D eigenvalue weighted by molar-refractivity contribution is -0.384. The summed E-state index contributed by atoms with van der Waals surface area (Å²) < 4.78 is 5.49. The summed E-state index contributed by atoms with van der Waals surface area (Å²) in [5, 5.41) is 13.8. The molecule has 1 N–H and O–H groups in total. The predicted molar refractivity (Wildman–Crippen MR) is 72.2 cm³/mol. The van der Waals surface area contributed by atoms with Crippen LogP contribution in [0.25, 0.3) is 0 Å². The van der Waals surface area contributed by atoms with Gasteiger partial charge in [-0.2, -0.15) is 0 Å². The second kappa shape index (κ2) is 6.64. The van der Waals surface area contributed by atoms with Gasteiger partial charge in [-0.05, 0) is 13.8 Å². The summed E-state index contributed by atoms with van der Waals surface area (Å²) in [6.07, 6.45) is 0.735. The monoisotopic (exact) mass is 250 g/mol. The number of hydrogen-bond acceptors (Lipinski definition) is 4. The summed E-state index contributed by atoms with van der Waals surface area (Å²) in [5.41, 5.74) is 1.74. The van der Waals surface area contributed by atoms with Crippen molar-refractivity contribution in [2.24, 2.45) is 0 Å². The van der Waals surface area contributed by atoms with Crippen molar-refractivity contribution in [1.29, 1.82) is 0 Å². The molecule has 0 aliphatic heterocycles. The Hall–Kier alpha value is -2.04. The van der Waals surface area contributed by atoms with Gasteiger partial charge in [-0.1, -0.05) is 5.57 Å². The minimum absolute atomic E-state index is 0.0266. The van der Waals surface area contributed by atoms with Gasteiger partial charge in [0.05, 0.1) is 17.6 Å². The van der Waals surface area contributed by atoms with Crippen LogP contribution in [0, 0.1) is 10.1 Å². The van der Waals surface area contributed by atoms with Gasteiger partial charge >= 0.3 is 0 Å². The van der Waals surface area contributed by atoms with Crippen molar-refractivity contribution < 1.29 is 9.66 Å². The number of anilines is 1. The summed E-state index contributed by atoms with van der Waals surface area (Å²) in [6.45, 7) is 8.80. The number of nitro groups is 1. The first-order chi connectivity index (χ1) is 8.52. The molecule has 1 rings (SSSR count). The number of ether oxygens (including phenoxy) is 1. The van der Waals surface area contributed by atoms with E-state index in [9.17, 15) is 10.1 Å². The molecule has 0 bridgehead atoms. The fraction of sp³-hybridized carbons (Fsp3) is 0.385. The van der Waals surface area contributed by atoms with Gasteiger partial charge in [0.25, 0.3) is 5.69 Å². The molecule has 0 unspecified atom stereocenters. The molecule has 0 aliphatic carbocycles. The van der Waals surface area contributed by atoms with Gasteiger partial charge in [-0.3, -0.25) is 10.1 Å². The van der Waals surface area contributed by atoms with Crippen LogP contribution < -0.4 is 10.1 Å². The molecule has 1 aromatic rings. The Morgan fingerprint density at radius 2 is 2.22 bits per heavy atom. The summed E-state index contributed by atoms with van der Waals surface area (Å²) in [6, 6.07) is 4.68. The molecule has 0 saturated heterocycles. The van der Waals surface area contributed by atoms with Crippen LogP contribution in [0.3, 0.4) is 0 Å². The van der Waals surface area contributed by atoms with Crippen LogP contribution >= 0.6 is 0 Å². The zero-order valence-corrected chi connectivity index (χ0v) is 10.7. The molecule has 0 heterocycles. The topological polar surface area (TPSA) is 64.4 Å². The first-order valence-electron chi connectivity index (χ1n) is 5.83. The molecule has 0 atom stereocenters. The van der Waals surface area contributed by atoms with Crippen LogP contribution in [0.5, 0.6) is 5.75 Å². The van der Waals surface area contributed by atoms with E-state index >= 15 is 0 Å². The second-order valence-corrected chi connectivity index (χ2v) is 4.06. The predicted octanol–water partition coefficient (Wildman–Crippen LogP) is 3.37. The lowest BCUT2D eigenvalue weighted by Crippen LogP contribution is -2.01. The Morgan fingerprint density at radius 1 is 1.50 bits per heavy atom. The van der Waals surface area contributed by atoms with Crippen LogP contribution in [0.1, 0.15) is 20.3 Å². The Kier molecular flexibility index (Phi) is 5.17. The lowest BCUT2D eigenvalue weighted by atomic mass is 10.2. The number of nitrogens with zero attached hydrogens (tertiary/aromatic N) is 1. The maximum Gasteiger partial charge on any atom is 0.275 e. The molecule has 0 radical (unpaired) electrons. The molecular formula is C13H18N2O3. The normalized spacial score (nSPS) is 9.89. The Morgan fingerprint density at radius 3 is 2.78 bits per heavy atom. The Labute approximate surface area is 107 Å². The fourth-order valence-corrected chi connectivity index (χ4v) is 1.42. The van der Waals surface area contributed by atoms with E-state index in [1.807, 2.05) is 13.8 Å². The summed E-state index contributed by atoms with van der Waals surface area (Å²) in [4.78, 5) is 10.4. The third-order valence-corrected chi connectivity index (χ3v) is 2.28. The lowest BCUT2D eigenvalue weighted by Gasteiger charge is -2.09. The van der Waals surface area contributed by atoms with Gasteiger partial charge in [0.2, 0.25) is 0 Å². The van der Waals surface area contributed by atoms with Crippen LogP contribution in [0.4, 0.5) is 11.4 Å². The highest BCUT2D eigenvalue weighted by molar-refractivity contribution is 5.56. The summed E-state index contributed by atoms with van der Waals surface area (Å²) in [7, 11) is 0. The van der Waals surface area contributed by atoms with E-state index in [0.29, 0.717) is 24.6 Å². The van der Waals surface area contributed by atoms with E-state index in [1.165, 1.54) is 12.1 Å². The third-order valence-electron chi connectivity index (χ3n) is 2.28. The van der Waals surface area contributed by atoms with Gasteiger partial charge < -0.3 is 10.1 Å². The minimum atomic E-state index is -0.424. The van der Waals surface area contributed by atoms with Gasteiger partial charge in [0.15, 0.2) is 0 Å². The Balaban J connectivity index is 2.82. The van der Waals surface area contributed by atoms with Crippen molar-refractivity contribution >= 4 is 11.4 Å². The first kappa shape index (κ1) is 14.0. The molecule has 0 aromatic heterocycles. The maximum atomic E-state index is 10.8. The zero-order chi connectivity index (χ0) is 13.5. The number of rotatable bonds is 7. The largest absolute Gasteiger partial charge is 0.493 e. The smallest absolute Gasteiger partial charge is 0.275 e. The second-order valence-electron chi connectivity index (χ2n) is 4.06. The van der Waals surface area contributed by atoms with E-state index < -0.39 is 4.92 Å². The first-order valence-corrected chi connectivity index (χ1v) is 5.83. The van der Waals surface area contributed by atoms with Crippen LogP contribution in [-0.4, -0.2) is 18.1 Å². The van der Waals surface area contributed by atoms with E-state index in [2.05, 4.69) is 11.9 Å². The van der Waals surface area contributed by atoms with Crippen molar-refractivity contribution in [3.05, 3.63) is 40.5 Å². The highest BCUT2D eigenvalue weighted by Crippen LogP contribution is 2.26. The molecule has 1 aromatic carbocycles. The quantitative estimate of drug-likeness (QED) is 0.458. The molecule has 0 fully saturated rings. The standard InChI is InChI=1S/C13H18N2O3/c1-4-14-11-7-12(15(16)17)9-13(8-11)18-6-5-10(2)3/h7-9,14H,2,4-6H2,1,3H3. The average Bonchev–Trinajstić information content (AvgIpc) is 2.28. The van der Waals surface area contributed by atoms with Crippen LogP contribution in [0.2, 0.25) is 0 Å². The molecule has 5 heteroatoms. The number of non-ortho nitro benzene ring substituents is 1. The molecule has 5 nitrogen and oxygen atoms in total. The third kappa shape index (κ3) is 4.45. The van der Waals surface area contributed by atoms with Crippen molar-refractivity contribution in [2.75, 3.05) is 18.5 Å². The van der Waals surface area contributed by atoms with E-state index in [1.54, 1.807) is 6.07 Å². The summed E-state index contributed by atoms with van der Waals surface area (Å²) >= 11 is 0. The molecule has 0 saturated carbocycles. The molecule has 0 spiro atoms. The van der Waals surface area contributed by atoms with Gasteiger partial charge in [-0.15, -0.1) is 6.58 Å². The van der Waals surface area contributed by atoms with Crippen molar-refractivity contribution in [2.45, 2.75) is 20.3 Å². The fourth-order valence-electron chi connectivity index (χ4n) is 1.42. The SMILES string of the molecule is C=C(C)CCOc1cc(NCC)cc([N+](=O)[O-])c1. The summed E-state index contributed by atoms with van der Waals surface area (Å²) in [5.74, 6) is 0.501. The molecule has 0 aliphatic rings. The maximum absolute atomic E-state index is 10.8. The zero-order valence-electron chi connectivity index (χ0n) is 10.7. The van der Waals surface area contributed by atoms with E-state index in [0.717, 1.165) is 12.0 Å². The molecule has 18 heavy (non-hydrogen) atoms. The van der Waals surface area contributed by atoms with Gasteiger partial charge in [0.1, 0.15) is 5.75 Å². The van der Waals surface area contributed by atoms with E-state index in [-0.39, 0.29) is 5.69 Å². The number of nitro benzene ring substituents is 1. The van der Waals surface area contributed by atoms with Crippen LogP contribution in [0.15, 0.2) is 30.4 Å². The van der Waals surface area contributed by atoms with Crippen molar-refractivity contribution in [1.82, 2.24) is 0 Å². The number of nitrogens with one attached hydrogen (secondary N) is 1. The molecular weight excluding hydrogens is 232 g/mol. The minimum Gasteiger partial charge on any atom is -0.493 e. The van der Waals surface area contributed by atoms with Crippen molar-refractivity contribution in [3.8, 4) is 5.75 Å². The molecule has 98 valence electrons. The highest BCUT2D eigenvalue weighted by Gasteiger charge is 2.10. The van der Waals surface area contributed by atoms with E-state index in [4.69, 9.17) is 4.74 Å². The number of benzene rings is 1. The average molecular weight is 250 g/mol. The van der Waals surface area contributed by atoms with Crippen LogP contribution in [-0.2, 0) is 0 Å². The Bertz CT molecular complexity index is 444. The van der Waals surface area contributed by atoms with Crippen molar-refractivity contribution in [3.63, 3.8) is 0 Å². The molecule has 0 amide bonds. The van der Waals surface area contributed by atoms with Gasteiger partial charge in [-0.25, -0.2) is 0 Å². The van der Waals surface area contributed by atoms with Gasteiger partial charge in [0, 0.05) is 30.8 Å².